The zero-order valence-electron chi connectivity index (χ0n) is 11.7. The number of aryl methyl sites for hydroxylation is 1. The normalized spacial score (nSPS) is 12.5. The summed E-state index contributed by atoms with van der Waals surface area (Å²) in [5.74, 6) is 5.48. The van der Waals surface area contributed by atoms with E-state index in [0.29, 0.717) is 5.56 Å². The van der Waals surface area contributed by atoms with Gasteiger partial charge < -0.3 is 0 Å². The van der Waals surface area contributed by atoms with E-state index in [1.165, 1.54) is 6.07 Å². The molecule has 4 heteroatoms. The van der Waals surface area contributed by atoms with E-state index < -0.39 is 0 Å². The van der Waals surface area contributed by atoms with Gasteiger partial charge in [-0.15, -0.1) is 0 Å². The number of benzene rings is 2. The summed E-state index contributed by atoms with van der Waals surface area (Å²) in [5.41, 5.74) is 5.09. The Kier molecular flexibility index (Phi) is 3.64. The first kappa shape index (κ1) is 13.7. The minimum atomic E-state index is -0.307. The van der Waals surface area contributed by atoms with Crippen molar-refractivity contribution in [1.82, 2.24) is 10.4 Å². The number of halogens is 1. The van der Waals surface area contributed by atoms with Gasteiger partial charge in [0.25, 0.3) is 0 Å². The molecule has 0 aliphatic rings. The molecule has 0 bridgehead atoms. The van der Waals surface area contributed by atoms with Crippen molar-refractivity contribution in [2.45, 2.75) is 13.0 Å². The Morgan fingerprint density at radius 1 is 1.14 bits per heavy atom. The summed E-state index contributed by atoms with van der Waals surface area (Å²) >= 11 is 0. The van der Waals surface area contributed by atoms with Crippen LogP contribution in [0.15, 0.2) is 54.9 Å². The van der Waals surface area contributed by atoms with Crippen LogP contribution in [0.25, 0.3) is 10.8 Å². The van der Waals surface area contributed by atoms with Gasteiger partial charge in [-0.2, -0.15) is 0 Å². The summed E-state index contributed by atoms with van der Waals surface area (Å²) in [5, 5.41) is 2.08. The summed E-state index contributed by atoms with van der Waals surface area (Å²) in [4.78, 5) is 4.26. The quantitative estimate of drug-likeness (QED) is 0.572. The van der Waals surface area contributed by atoms with Crippen LogP contribution >= 0.6 is 0 Å². The topological polar surface area (TPSA) is 50.9 Å². The molecule has 3 N–H and O–H groups in total. The Hall–Kier alpha value is -2.30. The summed E-state index contributed by atoms with van der Waals surface area (Å²) in [7, 11) is 0. The highest BCUT2D eigenvalue weighted by Gasteiger charge is 2.16. The standard InChI is InChI=1S/C17H16FN3/c1-11-6-7-12(8-16(11)18)17(21-19)15-10-20-9-13-4-2-3-5-14(13)15/h2-10,17,21H,19H2,1H3. The van der Waals surface area contributed by atoms with E-state index in [1.807, 2.05) is 36.5 Å². The lowest BCUT2D eigenvalue weighted by Gasteiger charge is -2.19. The Morgan fingerprint density at radius 2 is 1.95 bits per heavy atom. The number of rotatable bonds is 3. The van der Waals surface area contributed by atoms with E-state index in [-0.39, 0.29) is 11.9 Å². The van der Waals surface area contributed by atoms with Crippen molar-refractivity contribution in [3.63, 3.8) is 0 Å². The molecule has 0 aliphatic heterocycles. The monoisotopic (exact) mass is 281 g/mol. The molecule has 0 fully saturated rings. The second-order valence-electron chi connectivity index (χ2n) is 5.06. The minimum Gasteiger partial charge on any atom is -0.271 e. The fourth-order valence-corrected chi connectivity index (χ4v) is 2.52. The predicted molar refractivity (Wildman–Crippen MR) is 82.0 cm³/mol. The maximum Gasteiger partial charge on any atom is 0.126 e. The molecule has 21 heavy (non-hydrogen) atoms. The molecule has 3 rings (SSSR count). The fraction of sp³-hybridized carbons (Fsp3) is 0.118. The Morgan fingerprint density at radius 3 is 2.71 bits per heavy atom. The number of pyridine rings is 1. The first-order valence-electron chi connectivity index (χ1n) is 6.75. The number of aromatic nitrogens is 1. The van der Waals surface area contributed by atoms with E-state index in [0.717, 1.165) is 21.9 Å². The van der Waals surface area contributed by atoms with Gasteiger partial charge in [-0.1, -0.05) is 36.4 Å². The second kappa shape index (κ2) is 5.60. The lowest BCUT2D eigenvalue weighted by molar-refractivity contribution is 0.599. The predicted octanol–water partition coefficient (Wildman–Crippen LogP) is 3.24. The van der Waals surface area contributed by atoms with Crippen molar-refractivity contribution in [3.8, 4) is 0 Å². The molecule has 0 spiro atoms. The van der Waals surface area contributed by atoms with E-state index in [9.17, 15) is 4.39 Å². The summed E-state index contributed by atoms with van der Waals surface area (Å²) < 4.78 is 13.8. The van der Waals surface area contributed by atoms with Crippen molar-refractivity contribution in [3.05, 3.63) is 77.4 Å². The number of fused-ring (bicyclic) bond motifs is 1. The third-order valence-electron chi connectivity index (χ3n) is 3.71. The zero-order valence-corrected chi connectivity index (χ0v) is 11.7. The molecule has 106 valence electrons. The van der Waals surface area contributed by atoms with Crippen LogP contribution in [-0.4, -0.2) is 4.98 Å². The molecule has 1 aromatic heterocycles. The van der Waals surface area contributed by atoms with E-state index >= 15 is 0 Å². The molecule has 0 radical (unpaired) electrons. The Labute approximate surface area is 122 Å². The van der Waals surface area contributed by atoms with E-state index in [1.54, 1.807) is 19.2 Å². The van der Waals surface area contributed by atoms with Crippen LogP contribution in [-0.2, 0) is 0 Å². The van der Waals surface area contributed by atoms with Crippen molar-refractivity contribution in [1.29, 1.82) is 0 Å². The highest BCUT2D eigenvalue weighted by molar-refractivity contribution is 5.85. The molecule has 1 heterocycles. The van der Waals surface area contributed by atoms with Gasteiger partial charge in [0, 0.05) is 23.3 Å². The van der Waals surface area contributed by atoms with Gasteiger partial charge in [0.2, 0.25) is 0 Å². The smallest absolute Gasteiger partial charge is 0.126 e. The van der Waals surface area contributed by atoms with Gasteiger partial charge in [0.1, 0.15) is 5.82 Å². The molecule has 0 amide bonds. The van der Waals surface area contributed by atoms with Gasteiger partial charge in [-0.05, 0) is 29.5 Å². The highest BCUT2D eigenvalue weighted by atomic mass is 19.1. The van der Waals surface area contributed by atoms with Crippen LogP contribution in [0.2, 0.25) is 0 Å². The third-order valence-corrected chi connectivity index (χ3v) is 3.71. The minimum absolute atomic E-state index is 0.235. The molecule has 0 saturated carbocycles. The number of hydrazine groups is 1. The van der Waals surface area contributed by atoms with Gasteiger partial charge in [0.15, 0.2) is 0 Å². The number of nitrogens with two attached hydrogens (primary N) is 1. The number of hydrogen-bond acceptors (Lipinski definition) is 3. The van der Waals surface area contributed by atoms with Gasteiger partial charge >= 0.3 is 0 Å². The molecule has 3 nitrogen and oxygen atoms in total. The molecule has 1 atom stereocenters. The van der Waals surface area contributed by atoms with Crippen molar-refractivity contribution in [2.75, 3.05) is 0 Å². The molecule has 1 unspecified atom stereocenters. The summed E-state index contributed by atoms with van der Waals surface area (Å²) in [6, 6.07) is 12.8. The average molecular weight is 281 g/mol. The molecule has 2 aromatic carbocycles. The van der Waals surface area contributed by atoms with Crippen LogP contribution in [0.1, 0.15) is 22.7 Å². The third kappa shape index (κ3) is 2.51. The average Bonchev–Trinajstić information content (AvgIpc) is 2.52. The molecular formula is C17H16FN3. The number of nitrogens with zero attached hydrogens (tertiary/aromatic N) is 1. The number of hydrogen-bond donors (Lipinski definition) is 2. The lowest BCUT2D eigenvalue weighted by atomic mass is 9.95. The lowest BCUT2D eigenvalue weighted by Crippen LogP contribution is -2.29. The molecular weight excluding hydrogens is 265 g/mol. The van der Waals surface area contributed by atoms with Crippen LogP contribution in [0.5, 0.6) is 0 Å². The summed E-state index contributed by atoms with van der Waals surface area (Å²) in [6.07, 6.45) is 3.58. The van der Waals surface area contributed by atoms with E-state index in [2.05, 4.69) is 10.4 Å². The van der Waals surface area contributed by atoms with Gasteiger partial charge in [0.05, 0.1) is 6.04 Å². The van der Waals surface area contributed by atoms with E-state index in [4.69, 9.17) is 5.84 Å². The van der Waals surface area contributed by atoms with Crippen molar-refractivity contribution < 1.29 is 4.39 Å². The van der Waals surface area contributed by atoms with Crippen molar-refractivity contribution in [2.24, 2.45) is 5.84 Å². The first-order valence-corrected chi connectivity index (χ1v) is 6.75. The second-order valence-corrected chi connectivity index (χ2v) is 5.06. The molecule has 0 saturated heterocycles. The fourth-order valence-electron chi connectivity index (χ4n) is 2.52. The Bertz CT molecular complexity index is 781. The zero-order chi connectivity index (χ0) is 14.8. The van der Waals surface area contributed by atoms with Crippen LogP contribution < -0.4 is 11.3 Å². The van der Waals surface area contributed by atoms with Gasteiger partial charge in [-0.25, -0.2) is 9.82 Å². The van der Waals surface area contributed by atoms with Gasteiger partial charge in [-0.3, -0.25) is 10.8 Å². The molecule has 3 aromatic rings. The maximum absolute atomic E-state index is 13.8. The molecule has 0 aliphatic carbocycles. The highest BCUT2D eigenvalue weighted by Crippen LogP contribution is 2.28. The van der Waals surface area contributed by atoms with Crippen LogP contribution in [0.3, 0.4) is 0 Å². The van der Waals surface area contributed by atoms with Crippen LogP contribution in [0, 0.1) is 12.7 Å². The first-order chi connectivity index (χ1) is 10.2. The largest absolute Gasteiger partial charge is 0.271 e. The number of nitrogens with one attached hydrogen (secondary N) is 1. The Balaban J connectivity index is 2.16. The van der Waals surface area contributed by atoms with Crippen LogP contribution in [0.4, 0.5) is 4.39 Å². The van der Waals surface area contributed by atoms with Crippen molar-refractivity contribution >= 4 is 10.8 Å². The summed E-state index contributed by atoms with van der Waals surface area (Å²) in [6.45, 7) is 1.74. The SMILES string of the molecule is Cc1ccc(C(NN)c2cncc3ccccc23)cc1F. The maximum atomic E-state index is 13.8.